The van der Waals surface area contributed by atoms with Gasteiger partial charge in [0.1, 0.15) is 0 Å². The molecule has 94 valence electrons. The van der Waals surface area contributed by atoms with E-state index in [4.69, 9.17) is 0 Å². The quantitative estimate of drug-likeness (QED) is 0.867. The number of rotatable bonds is 5. The molecule has 18 heavy (non-hydrogen) atoms. The van der Waals surface area contributed by atoms with Crippen LogP contribution in [-0.4, -0.2) is 16.1 Å². The summed E-state index contributed by atoms with van der Waals surface area (Å²) in [6.45, 7) is 3.50. The molecule has 0 spiro atoms. The zero-order valence-electron chi connectivity index (χ0n) is 10.4. The van der Waals surface area contributed by atoms with Crippen LogP contribution in [0.25, 0.3) is 0 Å². The summed E-state index contributed by atoms with van der Waals surface area (Å²) in [6, 6.07) is 12.0. The molecule has 0 saturated heterocycles. The second kappa shape index (κ2) is 6.12. The molecule has 0 aliphatic heterocycles. The van der Waals surface area contributed by atoms with Crippen LogP contribution in [-0.2, 0) is 6.54 Å². The Morgan fingerprint density at radius 2 is 2.06 bits per heavy atom. The lowest BCUT2D eigenvalue weighted by Crippen LogP contribution is -2.31. The summed E-state index contributed by atoms with van der Waals surface area (Å²) < 4.78 is 1.63. The molecule has 0 radical (unpaired) electrons. The molecule has 0 saturated carbocycles. The van der Waals surface area contributed by atoms with Gasteiger partial charge in [0.05, 0.1) is 6.04 Å². The number of nitrogens with one attached hydrogen (secondary N) is 1. The Morgan fingerprint density at radius 3 is 2.72 bits per heavy atom. The number of hydrogen-bond donors (Lipinski definition) is 1. The lowest BCUT2D eigenvalue weighted by Gasteiger charge is -2.19. The summed E-state index contributed by atoms with van der Waals surface area (Å²) in [5.74, 6) is 0. The average molecular weight is 243 g/mol. The van der Waals surface area contributed by atoms with Crippen molar-refractivity contribution in [1.82, 2.24) is 14.9 Å². The summed E-state index contributed by atoms with van der Waals surface area (Å²) in [5, 5.41) is 3.39. The van der Waals surface area contributed by atoms with E-state index in [1.807, 2.05) is 18.2 Å². The predicted molar refractivity (Wildman–Crippen MR) is 71.4 cm³/mol. The van der Waals surface area contributed by atoms with Crippen molar-refractivity contribution in [3.63, 3.8) is 0 Å². The molecule has 1 unspecified atom stereocenters. The van der Waals surface area contributed by atoms with Gasteiger partial charge in [-0.15, -0.1) is 0 Å². The van der Waals surface area contributed by atoms with Crippen molar-refractivity contribution in [2.45, 2.75) is 19.5 Å². The fraction of sp³-hybridized carbons (Fsp3) is 0.286. The summed E-state index contributed by atoms with van der Waals surface area (Å²) in [7, 11) is 0. The molecule has 2 rings (SSSR count). The van der Waals surface area contributed by atoms with Gasteiger partial charge in [0.15, 0.2) is 0 Å². The summed E-state index contributed by atoms with van der Waals surface area (Å²) >= 11 is 0. The van der Waals surface area contributed by atoms with E-state index >= 15 is 0 Å². The molecule has 1 aromatic carbocycles. The maximum atomic E-state index is 11.6. The van der Waals surface area contributed by atoms with E-state index < -0.39 is 0 Å². The first kappa shape index (κ1) is 12.5. The second-order valence-electron chi connectivity index (χ2n) is 4.08. The van der Waals surface area contributed by atoms with E-state index in [2.05, 4.69) is 29.4 Å². The second-order valence-corrected chi connectivity index (χ2v) is 4.08. The minimum Gasteiger partial charge on any atom is -0.309 e. The highest BCUT2D eigenvalue weighted by molar-refractivity contribution is 5.18. The van der Waals surface area contributed by atoms with Gasteiger partial charge in [0.2, 0.25) is 0 Å². The Morgan fingerprint density at radius 1 is 1.28 bits per heavy atom. The average Bonchev–Trinajstić information content (AvgIpc) is 2.42. The van der Waals surface area contributed by atoms with Gasteiger partial charge in [-0.05, 0) is 18.2 Å². The minimum atomic E-state index is -0.212. The zero-order chi connectivity index (χ0) is 12.8. The Hall–Kier alpha value is -1.94. The van der Waals surface area contributed by atoms with Crippen LogP contribution in [0.3, 0.4) is 0 Å². The molecule has 0 bridgehead atoms. The third-order valence-electron chi connectivity index (χ3n) is 2.81. The molecular formula is C14H17N3O. The standard InChI is InChI=1S/C14H17N3O/c1-2-15-13(12-7-4-3-5-8-12)11-17-10-6-9-16-14(17)18/h3-10,13,15H,2,11H2,1H3. The number of benzene rings is 1. The van der Waals surface area contributed by atoms with Crippen LogP contribution >= 0.6 is 0 Å². The SMILES string of the molecule is CCNC(Cn1cccnc1=O)c1ccccc1. The Kier molecular flexibility index (Phi) is 4.25. The van der Waals surface area contributed by atoms with Crippen molar-refractivity contribution in [2.24, 2.45) is 0 Å². The van der Waals surface area contributed by atoms with Crippen molar-refractivity contribution < 1.29 is 0 Å². The monoisotopic (exact) mass is 243 g/mol. The van der Waals surface area contributed by atoms with Crippen LogP contribution in [0.15, 0.2) is 53.6 Å². The molecule has 0 fully saturated rings. The Bertz CT molecular complexity index is 536. The van der Waals surface area contributed by atoms with E-state index in [9.17, 15) is 4.79 Å². The van der Waals surface area contributed by atoms with Crippen molar-refractivity contribution >= 4 is 0 Å². The van der Waals surface area contributed by atoms with E-state index in [1.165, 1.54) is 11.8 Å². The third-order valence-corrected chi connectivity index (χ3v) is 2.81. The number of likely N-dealkylation sites (N-methyl/N-ethyl adjacent to an activating group) is 1. The highest BCUT2D eigenvalue weighted by atomic mass is 16.1. The summed E-state index contributed by atoms with van der Waals surface area (Å²) in [6.07, 6.45) is 3.28. The summed E-state index contributed by atoms with van der Waals surface area (Å²) in [5.41, 5.74) is 0.964. The molecule has 4 nitrogen and oxygen atoms in total. The lowest BCUT2D eigenvalue weighted by atomic mass is 10.1. The number of nitrogens with zero attached hydrogens (tertiary/aromatic N) is 2. The first-order valence-corrected chi connectivity index (χ1v) is 6.11. The van der Waals surface area contributed by atoms with Crippen molar-refractivity contribution in [2.75, 3.05) is 6.54 Å². The Balaban J connectivity index is 2.22. The molecule has 1 N–H and O–H groups in total. The largest absolute Gasteiger partial charge is 0.347 e. The molecule has 0 amide bonds. The predicted octanol–water partition coefficient (Wildman–Crippen LogP) is 1.59. The topological polar surface area (TPSA) is 46.9 Å². The highest BCUT2D eigenvalue weighted by Gasteiger charge is 2.11. The van der Waals surface area contributed by atoms with Gasteiger partial charge in [-0.3, -0.25) is 4.57 Å². The molecular weight excluding hydrogens is 226 g/mol. The smallest absolute Gasteiger partial charge is 0.309 e. The van der Waals surface area contributed by atoms with Crippen LogP contribution < -0.4 is 11.0 Å². The number of hydrogen-bond acceptors (Lipinski definition) is 3. The molecule has 1 atom stereocenters. The van der Waals surface area contributed by atoms with Crippen molar-refractivity contribution in [3.05, 3.63) is 64.8 Å². The normalized spacial score (nSPS) is 12.3. The van der Waals surface area contributed by atoms with E-state index in [1.54, 1.807) is 16.8 Å². The lowest BCUT2D eigenvalue weighted by molar-refractivity contribution is 0.462. The van der Waals surface area contributed by atoms with E-state index in [-0.39, 0.29) is 11.7 Å². The van der Waals surface area contributed by atoms with Gasteiger partial charge in [0, 0.05) is 18.9 Å². The van der Waals surface area contributed by atoms with Crippen LogP contribution in [0.4, 0.5) is 0 Å². The molecule has 1 heterocycles. The van der Waals surface area contributed by atoms with Gasteiger partial charge in [-0.2, -0.15) is 0 Å². The fourth-order valence-electron chi connectivity index (χ4n) is 1.94. The van der Waals surface area contributed by atoms with Gasteiger partial charge in [0.25, 0.3) is 0 Å². The first-order chi connectivity index (χ1) is 8.81. The summed E-state index contributed by atoms with van der Waals surface area (Å²) in [4.78, 5) is 15.4. The molecule has 2 aromatic rings. The van der Waals surface area contributed by atoms with Gasteiger partial charge < -0.3 is 5.32 Å². The molecule has 0 aliphatic rings. The van der Waals surface area contributed by atoms with E-state index in [0.717, 1.165) is 6.54 Å². The number of aromatic nitrogens is 2. The Labute approximate surface area is 106 Å². The van der Waals surface area contributed by atoms with Crippen LogP contribution in [0.2, 0.25) is 0 Å². The zero-order valence-corrected chi connectivity index (χ0v) is 10.4. The van der Waals surface area contributed by atoms with Gasteiger partial charge in [-0.25, -0.2) is 9.78 Å². The first-order valence-electron chi connectivity index (χ1n) is 6.11. The highest BCUT2D eigenvalue weighted by Crippen LogP contribution is 2.13. The van der Waals surface area contributed by atoms with Crippen LogP contribution in [0.1, 0.15) is 18.5 Å². The van der Waals surface area contributed by atoms with E-state index in [0.29, 0.717) is 6.54 Å². The molecule has 4 heteroatoms. The molecule has 0 aliphatic carbocycles. The van der Waals surface area contributed by atoms with Crippen molar-refractivity contribution in [1.29, 1.82) is 0 Å². The molecule has 1 aromatic heterocycles. The van der Waals surface area contributed by atoms with Gasteiger partial charge in [-0.1, -0.05) is 37.3 Å². The minimum absolute atomic E-state index is 0.123. The maximum absolute atomic E-state index is 11.6. The van der Waals surface area contributed by atoms with Crippen molar-refractivity contribution in [3.8, 4) is 0 Å². The maximum Gasteiger partial charge on any atom is 0.347 e. The van der Waals surface area contributed by atoms with Crippen LogP contribution in [0, 0.1) is 0 Å². The third kappa shape index (κ3) is 3.05. The van der Waals surface area contributed by atoms with Gasteiger partial charge >= 0.3 is 5.69 Å². The van der Waals surface area contributed by atoms with Crippen LogP contribution in [0.5, 0.6) is 0 Å². The fourth-order valence-corrected chi connectivity index (χ4v) is 1.94.